The second-order valence-electron chi connectivity index (χ2n) is 14.1. The van der Waals surface area contributed by atoms with Crippen molar-refractivity contribution in [1.82, 2.24) is 5.32 Å². The van der Waals surface area contributed by atoms with E-state index in [2.05, 4.69) is 31.3 Å². The first-order valence-corrected chi connectivity index (χ1v) is 21.8. The highest BCUT2D eigenvalue weighted by Crippen LogP contribution is 2.16. The Morgan fingerprint density at radius 1 is 0.562 bits per heavy atom. The quantitative estimate of drug-likeness (QED) is 0.0293. The van der Waals surface area contributed by atoms with Gasteiger partial charge in [-0.15, -0.1) is 0 Å². The van der Waals surface area contributed by atoms with Crippen molar-refractivity contribution in [2.24, 2.45) is 0 Å². The van der Waals surface area contributed by atoms with Gasteiger partial charge in [0.05, 0.1) is 17.9 Å². The lowest BCUT2D eigenvalue weighted by atomic mass is 10.0. The van der Waals surface area contributed by atoms with Crippen LogP contribution in [0.5, 0.6) is 0 Å². The summed E-state index contributed by atoms with van der Waals surface area (Å²) in [6, 6.07) is -1.24. The number of aliphatic hydroxyl groups is 2. The van der Waals surface area contributed by atoms with E-state index < -0.39 is 40.0 Å². The van der Waals surface area contributed by atoms with Gasteiger partial charge in [-0.3, -0.25) is 9.35 Å². The molecule has 0 aliphatic rings. The van der Waals surface area contributed by atoms with E-state index in [1.54, 1.807) is 6.08 Å². The van der Waals surface area contributed by atoms with Crippen molar-refractivity contribution in [3.05, 3.63) is 24.3 Å². The van der Waals surface area contributed by atoms with Crippen molar-refractivity contribution < 1.29 is 28.0 Å². The van der Waals surface area contributed by atoms with E-state index in [1.807, 2.05) is 0 Å². The maximum atomic E-state index is 12.6. The number of unbranched alkanes of at least 4 members (excludes halogenated alkanes) is 25. The van der Waals surface area contributed by atoms with Crippen LogP contribution < -0.4 is 5.32 Å². The van der Waals surface area contributed by atoms with Gasteiger partial charge >= 0.3 is 0 Å². The summed E-state index contributed by atoms with van der Waals surface area (Å²) in [7, 11) is -4.44. The average Bonchev–Trinajstić information content (AvgIpc) is 3.05. The molecule has 0 aliphatic heterocycles. The maximum absolute atomic E-state index is 12.6. The van der Waals surface area contributed by atoms with E-state index in [1.165, 1.54) is 141 Å². The number of nitrogens with one attached hydrogen (secondary N) is 1. The Morgan fingerprint density at radius 3 is 1.38 bits per heavy atom. The smallest absolute Gasteiger partial charge is 0.267 e. The van der Waals surface area contributed by atoms with Gasteiger partial charge in [-0.05, 0) is 32.1 Å². The van der Waals surface area contributed by atoms with Crippen molar-refractivity contribution in [3.63, 3.8) is 0 Å². The minimum Gasteiger partial charge on any atom is -0.387 e. The third-order valence-electron chi connectivity index (χ3n) is 9.24. The molecule has 0 fully saturated rings. The summed E-state index contributed by atoms with van der Waals surface area (Å²) in [4.78, 5) is 12.6. The van der Waals surface area contributed by atoms with Crippen LogP contribution in [0.1, 0.15) is 200 Å². The van der Waals surface area contributed by atoms with Gasteiger partial charge in [-0.1, -0.05) is 192 Å². The van der Waals surface area contributed by atoms with Crippen molar-refractivity contribution in [3.8, 4) is 0 Å². The fraction of sp³-hybridized carbons (Fsp3) is 0.875. The van der Waals surface area contributed by atoms with E-state index in [0.29, 0.717) is 12.8 Å². The second kappa shape index (κ2) is 34.2. The largest absolute Gasteiger partial charge is 0.387 e. The van der Waals surface area contributed by atoms with Crippen LogP contribution in [0, 0.1) is 0 Å². The molecule has 0 rings (SSSR count). The Labute approximate surface area is 297 Å². The molecule has 0 aromatic heterocycles. The first kappa shape index (κ1) is 46.8. The molecule has 48 heavy (non-hydrogen) atoms. The zero-order valence-corrected chi connectivity index (χ0v) is 32.0. The van der Waals surface area contributed by atoms with Crippen LogP contribution in [-0.2, 0) is 14.9 Å². The lowest BCUT2D eigenvalue weighted by Gasteiger charge is -2.22. The summed E-state index contributed by atoms with van der Waals surface area (Å²) in [5.41, 5.74) is 0. The highest BCUT2D eigenvalue weighted by Gasteiger charge is 2.27. The number of hydrogen-bond acceptors (Lipinski definition) is 5. The lowest BCUT2D eigenvalue weighted by molar-refractivity contribution is -0.130. The Balaban J connectivity index is 3.97. The predicted molar refractivity (Wildman–Crippen MR) is 204 cm³/mol. The van der Waals surface area contributed by atoms with Crippen molar-refractivity contribution in [2.75, 3.05) is 5.75 Å². The lowest BCUT2D eigenvalue weighted by Crippen LogP contribution is -2.50. The molecule has 284 valence electrons. The summed E-state index contributed by atoms with van der Waals surface area (Å²) < 4.78 is 32.4. The summed E-state index contributed by atoms with van der Waals surface area (Å²) in [5, 5.41) is 23.3. The van der Waals surface area contributed by atoms with E-state index in [9.17, 15) is 28.0 Å². The maximum Gasteiger partial charge on any atom is 0.267 e. The molecule has 4 N–H and O–H groups in total. The van der Waals surface area contributed by atoms with Crippen LogP contribution in [0.4, 0.5) is 0 Å². The standard InChI is InChI=1S/C40H77NO6S/c1-3-5-7-9-11-13-15-16-17-18-19-20-21-22-23-25-27-29-31-33-35-39(43)40(44)41-37(36-48(45,46)47)38(42)34-32-30-28-26-24-14-12-10-8-6-4-2/h24,26,32,34,37-39,42-43H,3-23,25,27-31,33,35-36H2,1-2H3,(H,41,44)(H,45,46,47)/b26-24+,34-32+. The fourth-order valence-electron chi connectivity index (χ4n) is 6.12. The molecule has 0 bridgehead atoms. The summed E-state index contributed by atoms with van der Waals surface area (Å²) in [6.07, 6.45) is 39.6. The third-order valence-corrected chi connectivity index (χ3v) is 10.0. The molecule has 0 saturated heterocycles. The number of amides is 1. The molecular formula is C40H77NO6S. The van der Waals surface area contributed by atoms with Gasteiger partial charge in [0.2, 0.25) is 5.91 Å². The number of allylic oxidation sites excluding steroid dienone is 3. The van der Waals surface area contributed by atoms with Gasteiger partial charge in [-0.2, -0.15) is 8.42 Å². The summed E-state index contributed by atoms with van der Waals surface area (Å²) in [6.45, 7) is 4.48. The number of carbonyl (C=O) groups is 1. The van der Waals surface area contributed by atoms with Crippen LogP contribution in [-0.4, -0.2) is 53.1 Å². The van der Waals surface area contributed by atoms with E-state index in [4.69, 9.17) is 0 Å². The highest BCUT2D eigenvalue weighted by atomic mass is 32.2. The molecule has 3 unspecified atom stereocenters. The molecule has 8 heteroatoms. The predicted octanol–water partition coefficient (Wildman–Crippen LogP) is 10.5. The number of carbonyl (C=O) groups excluding carboxylic acids is 1. The number of aliphatic hydroxyl groups excluding tert-OH is 2. The minimum atomic E-state index is -4.44. The number of hydrogen-bond donors (Lipinski definition) is 4. The molecule has 0 aliphatic carbocycles. The molecule has 1 amide bonds. The first-order valence-electron chi connectivity index (χ1n) is 20.1. The van der Waals surface area contributed by atoms with Crippen LogP contribution in [0.15, 0.2) is 24.3 Å². The zero-order valence-electron chi connectivity index (χ0n) is 31.2. The Hall–Kier alpha value is -1.22. The topological polar surface area (TPSA) is 124 Å². The van der Waals surface area contributed by atoms with Crippen LogP contribution >= 0.6 is 0 Å². The van der Waals surface area contributed by atoms with Crippen LogP contribution in [0.25, 0.3) is 0 Å². The monoisotopic (exact) mass is 700 g/mol. The van der Waals surface area contributed by atoms with Gasteiger partial charge in [0.25, 0.3) is 10.1 Å². The zero-order chi connectivity index (χ0) is 35.6. The van der Waals surface area contributed by atoms with E-state index in [0.717, 1.165) is 32.1 Å². The van der Waals surface area contributed by atoms with E-state index in [-0.39, 0.29) is 6.42 Å². The molecule has 0 radical (unpaired) electrons. The van der Waals surface area contributed by atoms with Gasteiger partial charge in [0.15, 0.2) is 0 Å². The van der Waals surface area contributed by atoms with Crippen molar-refractivity contribution in [2.45, 2.75) is 218 Å². The van der Waals surface area contributed by atoms with E-state index >= 15 is 0 Å². The Kier molecular flexibility index (Phi) is 33.4. The molecule has 0 aromatic carbocycles. The minimum absolute atomic E-state index is 0.278. The van der Waals surface area contributed by atoms with Crippen molar-refractivity contribution in [1.29, 1.82) is 0 Å². The molecule has 7 nitrogen and oxygen atoms in total. The molecular weight excluding hydrogens is 623 g/mol. The SMILES string of the molecule is CCCCCCC/C=C/CC/C=C/C(O)C(CS(=O)(=O)O)NC(=O)C(O)CCCCCCCCCCCCCCCCCCCCCC. The Bertz CT molecular complexity index is 875. The van der Waals surface area contributed by atoms with Gasteiger partial charge in [-0.25, -0.2) is 0 Å². The van der Waals surface area contributed by atoms with Gasteiger partial charge in [0, 0.05) is 0 Å². The average molecular weight is 700 g/mol. The highest BCUT2D eigenvalue weighted by molar-refractivity contribution is 7.85. The van der Waals surface area contributed by atoms with Gasteiger partial charge < -0.3 is 15.5 Å². The van der Waals surface area contributed by atoms with Crippen molar-refractivity contribution >= 4 is 16.0 Å². The molecule has 3 atom stereocenters. The molecule has 0 spiro atoms. The molecule has 0 saturated carbocycles. The molecule has 0 aromatic rings. The summed E-state index contributed by atoms with van der Waals surface area (Å²) in [5.74, 6) is -1.55. The molecule has 0 heterocycles. The van der Waals surface area contributed by atoms with Crippen LogP contribution in [0.3, 0.4) is 0 Å². The fourth-order valence-corrected chi connectivity index (χ4v) is 6.85. The normalized spacial score (nSPS) is 14.2. The first-order chi connectivity index (χ1) is 23.2. The second-order valence-corrected chi connectivity index (χ2v) is 15.6. The number of rotatable bonds is 36. The Morgan fingerprint density at radius 2 is 0.938 bits per heavy atom. The van der Waals surface area contributed by atoms with Gasteiger partial charge in [0.1, 0.15) is 6.10 Å². The van der Waals surface area contributed by atoms with Crippen LogP contribution in [0.2, 0.25) is 0 Å². The summed E-state index contributed by atoms with van der Waals surface area (Å²) >= 11 is 0. The third kappa shape index (κ3) is 33.3.